The van der Waals surface area contributed by atoms with E-state index in [1.54, 1.807) is 24.2 Å². The van der Waals surface area contributed by atoms with E-state index in [0.717, 1.165) is 22.5 Å². The first-order valence-electron chi connectivity index (χ1n) is 9.76. The second kappa shape index (κ2) is 9.71. The van der Waals surface area contributed by atoms with Gasteiger partial charge in [0, 0.05) is 12.4 Å². The van der Waals surface area contributed by atoms with Gasteiger partial charge in [0.25, 0.3) is 0 Å². The van der Waals surface area contributed by atoms with Crippen molar-refractivity contribution in [2.75, 3.05) is 0 Å². The van der Waals surface area contributed by atoms with E-state index >= 15 is 0 Å². The molecule has 0 aliphatic carbocycles. The Labute approximate surface area is 185 Å². The van der Waals surface area contributed by atoms with E-state index in [1.807, 2.05) is 84.9 Å². The van der Waals surface area contributed by atoms with Crippen molar-refractivity contribution in [2.45, 2.75) is 10.5 Å². The molecule has 4 rings (SSSR count). The lowest BCUT2D eigenvalue weighted by molar-refractivity contribution is 1.00. The number of thioether (sulfide) groups is 1. The fourth-order valence-electron chi connectivity index (χ4n) is 3.30. The zero-order valence-corrected chi connectivity index (χ0v) is 17.4. The highest BCUT2D eigenvalue weighted by atomic mass is 32.2. The first kappa shape index (κ1) is 20.3. The van der Waals surface area contributed by atoms with Crippen molar-refractivity contribution in [3.05, 3.63) is 131 Å². The molecular weight excluding hydrogens is 400 g/mol. The Hall–Kier alpha value is -3.93. The molecule has 2 aromatic carbocycles. The van der Waals surface area contributed by atoms with E-state index in [9.17, 15) is 10.5 Å². The van der Waals surface area contributed by atoms with Crippen LogP contribution in [0.4, 0.5) is 0 Å². The van der Waals surface area contributed by atoms with Crippen LogP contribution < -0.4 is 0 Å². The predicted octanol–water partition coefficient (Wildman–Crippen LogP) is 5.83. The Morgan fingerprint density at radius 1 is 0.581 bits per heavy atom. The Kier molecular flexibility index (Phi) is 6.38. The van der Waals surface area contributed by atoms with Crippen molar-refractivity contribution >= 4 is 11.8 Å². The lowest BCUT2D eigenvalue weighted by Crippen LogP contribution is -2.06. The summed E-state index contributed by atoms with van der Waals surface area (Å²) in [5.74, 6) is 0. The van der Waals surface area contributed by atoms with Crippen LogP contribution in [-0.4, -0.2) is 9.97 Å². The average Bonchev–Trinajstić information content (AvgIpc) is 2.86. The molecule has 2 heterocycles. The Morgan fingerprint density at radius 3 is 1.32 bits per heavy atom. The summed E-state index contributed by atoms with van der Waals surface area (Å²) in [5.41, 5.74) is 5.26. The highest BCUT2D eigenvalue weighted by Crippen LogP contribution is 2.46. The van der Waals surface area contributed by atoms with Gasteiger partial charge in [-0.2, -0.15) is 10.5 Å². The number of hydrogen-bond donors (Lipinski definition) is 0. The molecule has 0 fully saturated rings. The van der Waals surface area contributed by atoms with Gasteiger partial charge in [-0.3, -0.25) is 9.97 Å². The number of aromatic nitrogens is 2. The van der Waals surface area contributed by atoms with Crippen LogP contribution in [0.2, 0.25) is 0 Å². The molecule has 0 saturated carbocycles. The monoisotopic (exact) mass is 418 g/mol. The van der Waals surface area contributed by atoms with Gasteiger partial charge in [-0.1, -0.05) is 36.4 Å². The smallest absolute Gasteiger partial charge is 0.0991 e. The Bertz CT molecular complexity index is 1110. The van der Waals surface area contributed by atoms with Crippen molar-refractivity contribution in [3.8, 4) is 12.1 Å². The number of hydrogen-bond acceptors (Lipinski definition) is 5. The van der Waals surface area contributed by atoms with Crippen LogP contribution in [0.1, 0.15) is 44.1 Å². The normalized spacial score (nSPS) is 12.3. The molecule has 31 heavy (non-hydrogen) atoms. The van der Waals surface area contributed by atoms with E-state index in [1.165, 1.54) is 0 Å². The summed E-state index contributed by atoms with van der Waals surface area (Å²) in [6.45, 7) is 0. The van der Waals surface area contributed by atoms with E-state index in [0.29, 0.717) is 11.1 Å². The molecule has 0 spiro atoms. The molecular formula is C26H18N4S. The van der Waals surface area contributed by atoms with Gasteiger partial charge in [-0.05, 0) is 59.7 Å². The lowest BCUT2D eigenvalue weighted by Gasteiger charge is -2.24. The largest absolute Gasteiger partial charge is 0.260 e. The lowest BCUT2D eigenvalue weighted by atomic mass is 10.1. The van der Waals surface area contributed by atoms with Crippen molar-refractivity contribution in [1.82, 2.24) is 9.97 Å². The molecule has 2 aromatic heterocycles. The number of pyridine rings is 2. The molecule has 2 atom stereocenters. The van der Waals surface area contributed by atoms with Gasteiger partial charge >= 0.3 is 0 Å². The zero-order valence-electron chi connectivity index (χ0n) is 16.6. The molecule has 5 heteroatoms. The third kappa shape index (κ3) is 4.80. The van der Waals surface area contributed by atoms with Crippen LogP contribution in [-0.2, 0) is 0 Å². The Balaban J connectivity index is 1.78. The summed E-state index contributed by atoms with van der Waals surface area (Å²) < 4.78 is 0. The topological polar surface area (TPSA) is 73.4 Å². The van der Waals surface area contributed by atoms with Crippen LogP contribution in [0, 0.1) is 22.7 Å². The molecule has 0 amide bonds. The zero-order chi connectivity index (χ0) is 21.5. The van der Waals surface area contributed by atoms with Crippen molar-refractivity contribution in [2.24, 2.45) is 0 Å². The third-order valence-corrected chi connectivity index (χ3v) is 6.44. The van der Waals surface area contributed by atoms with Gasteiger partial charge in [0.1, 0.15) is 0 Å². The number of rotatable bonds is 6. The van der Waals surface area contributed by atoms with Crippen LogP contribution in [0.15, 0.2) is 97.3 Å². The summed E-state index contributed by atoms with van der Waals surface area (Å²) in [5, 5.41) is 18.2. The summed E-state index contributed by atoms with van der Waals surface area (Å²) >= 11 is 1.74. The van der Waals surface area contributed by atoms with E-state index in [4.69, 9.17) is 0 Å². The second-order valence-electron chi connectivity index (χ2n) is 6.87. The molecule has 2 unspecified atom stereocenters. The van der Waals surface area contributed by atoms with Crippen LogP contribution in [0.3, 0.4) is 0 Å². The fraction of sp³-hybridized carbons (Fsp3) is 0.0769. The van der Waals surface area contributed by atoms with Gasteiger partial charge in [0.05, 0.1) is 45.2 Å². The maximum absolute atomic E-state index is 9.17. The quantitative estimate of drug-likeness (QED) is 0.394. The van der Waals surface area contributed by atoms with Gasteiger partial charge < -0.3 is 0 Å². The van der Waals surface area contributed by atoms with E-state index in [2.05, 4.69) is 22.1 Å². The number of benzene rings is 2. The molecule has 0 saturated heterocycles. The van der Waals surface area contributed by atoms with Gasteiger partial charge in [0.2, 0.25) is 0 Å². The molecule has 148 valence electrons. The molecule has 4 nitrogen and oxygen atoms in total. The maximum atomic E-state index is 9.17. The van der Waals surface area contributed by atoms with Crippen LogP contribution >= 0.6 is 11.8 Å². The minimum Gasteiger partial charge on any atom is -0.260 e. The third-order valence-electron chi connectivity index (χ3n) is 4.87. The summed E-state index contributed by atoms with van der Waals surface area (Å²) in [6, 6.07) is 31.5. The minimum atomic E-state index is -0.0587. The minimum absolute atomic E-state index is 0.0587. The van der Waals surface area contributed by atoms with Gasteiger partial charge in [-0.15, -0.1) is 11.8 Å². The van der Waals surface area contributed by atoms with Crippen molar-refractivity contribution < 1.29 is 0 Å². The molecule has 0 aliphatic rings. The highest BCUT2D eigenvalue weighted by molar-refractivity contribution is 8.00. The molecule has 4 aromatic rings. The molecule has 0 radical (unpaired) electrons. The predicted molar refractivity (Wildman–Crippen MR) is 122 cm³/mol. The van der Waals surface area contributed by atoms with E-state index in [-0.39, 0.29) is 10.5 Å². The fourth-order valence-corrected chi connectivity index (χ4v) is 4.76. The van der Waals surface area contributed by atoms with Crippen LogP contribution in [0.25, 0.3) is 0 Å². The van der Waals surface area contributed by atoms with Crippen LogP contribution in [0.5, 0.6) is 0 Å². The average molecular weight is 419 g/mol. The highest BCUT2D eigenvalue weighted by Gasteiger charge is 2.25. The van der Waals surface area contributed by atoms with Gasteiger partial charge in [-0.25, -0.2) is 0 Å². The number of nitrogens with zero attached hydrogens (tertiary/aromatic N) is 4. The maximum Gasteiger partial charge on any atom is 0.0991 e. The first-order chi connectivity index (χ1) is 15.3. The summed E-state index contributed by atoms with van der Waals surface area (Å²) in [4.78, 5) is 9.23. The second-order valence-corrected chi connectivity index (χ2v) is 8.09. The van der Waals surface area contributed by atoms with Gasteiger partial charge in [0.15, 0.2) is 0 Å². The van der Waals surface area contributed by atoms with Crippen molar-refractivity contribution in [3.63, 3.8) is 0 Å². The summed E-state index contributed by atoms with van der Waals surface area (Å²) in [6.07, 6.45) is 3.59. The molecule has 0 N–H and O–H groups in total. The molecule has 0 aliphatic heterocycles. The van der Waals surface area contributed by atoms with E-state index < -0.39 is 0 Å². The standard InChI is InChI=1S/C26H18N4S/c27-17-19-7-11-21(12-8-19)25(23-5-1-3-15-29-23)31-26(24-6-2-4-16-30-24)22-13-9-20(18-28)10-14-22/h1-16,25-26H. The van der Waals surface area contributed by atoms with Crippen molar-refractivity contribution in [1.29, 1.82) is 10.5 Å². The molecule has 0 bridgehead atoms. The Morgan fingerprint density at radius 2 is 1.00 bits per heavy atom. The first-order valence-corrected chi connectivity index (χ1v) is 10.7. The summed E-state index contributed by atoms with van der Waals surface area (Å²) in [7, 11) is 0. The SMILES string of the molecule is N#Cc1ccc(C(SC(c2ccc(C#N)cc2)c2ccccn2)c2ccccn2)cc1. The number of nitriles is 2.